The number of nitrogens with one attached hydrogen (secondary N) is 1. The van der Waals surface area contributed by atoms with Crippen LogP contribution in [0.25, 0.3) is 0 Å². The van der Waals surface area contributed by atoms with Gasteiger partial charge in [-0.2, -0.15) is 0 Å². The van der Waals surface area contributed by atoms with E-state index in [9.17, 15) is 0 Å². The highest BCUT2D eigenvalue weighted by molar-refractivity contribution is 9.10. The lowest BCUT2D eigenvalue weighted by Gasteiger charge is -2.31. The Morgan fingerprint density at radius 2 is 2.19 bits per heavy atom. The fourth-order valence-electron chi connectivity index (χ4n) is 2.34. The lowest BCUT2D eigenvalue weighted by Crippen LogP contribution is -2.35. The molecule has 0 radical (unpaired) electrons. The number of rotatable bonds is 3. The number of benzene rings is 1. The summed E-state index contributed by atoms with van der Waals surface area (Å²) >= 11 is 3.63. The summed E-state index contributed by atoms with van der Waals surface area (Å²) in [7, 11) is 2.22. The first-order valence-corrected chi connectivity index (χ1v) is 6.66. The summed E-state index contributed by atoms with van der Waals surface area (Å²) in [6, 6.07) is 9.62. The lowest BCUT2D eigenvalue weighted by atomic mass is 10.1. The van der Waals surface area contributed by atoms with Crippen LogP contribution in [0, 0.1) is 0 Å². The van der Waals surface area contributed by atoms with Crippen LogP contribution in [-0.2, 0) is 0 Å². The molecule has 1 aliphatic heterocycles. The van der Waals surface area contributed by atoms with E-state index in [4.69, 9.17) is 0 Å². The van der Waals surface area contributed by atoms with E-state index < -0.39 is 0 Å². The molecule has 2 nitrogen and oxygen atoms in total. The maximum Gasteiger partial charge on any atom is 0.0331 e. The van der Waals surface area contributed by atoms with Crippen molar-refractivity contribution >= 4 is 15.9 Å². The Labute approximate surface area is 106 Å². The summed E-state index contributed by atoms with van der Waals surface area (Å²) in [6.45, 7) is 4.54. The summed E-state index contributed by atoms with van der Waals surface area (Å²) in [6.07, 6.45) is 1.26. The molecule has 0 spiro atoms. The van der Waals surface area contributed by atoms with E-state index in [1.54, 1.807) is 0 Å². The third kappa shape index (κ3) is 2.47. The summed E-state index contributed by atoms with van der Waals surface area (Å²) in [5.74, 6) is 0. The van der Waals surface area contributed by atoms with Crippen molar-refractivity contribution in [1.82, 2.24) is 10.2 Å². The zero-order valence-electron chi connectivity index (χ0n) is 9.91. The van der Waals surface area contributed by atoms with E-state index in [0.717, 1.165) is 13.1 Å². The molecule has 1 heterocycles. The highest BCUT2D eigenvalue weighted by Crippen LogP contribution is 2.28. The molecule has 88 valence electrons. The zero-order valence-corrected chi connectivity index (χ0v) is 11.5. The van der Waals surface area contributed by atoms with Gasteiger partial charge in [0.05, 0.1) is 0 Å². The highest BCUT2D eigenvalue weighted by atomic mass is 79.9. The van der Waals surface area contributed by atoms with E-state index in [1.165, 1.54) is 16.5 Å². The second-order valence-electron chi connectivity index (χ2n) is 4.51. The van der Waals surface area contributed by atoms with Crippen molar-refractivity contribution in [2.24, 2.45) is 0 Å². The van der Waals surface area contributed by atoms with Crippen LogP contribution in [0.4, 0.5) is 0 Å². The van der Waals surface area contributed by atoms with Crippen LogP contribution in [0.15, 0.2) is 28.7 Å². The average molecular weight is 283 g/mol. The third-order valence-corrected chi connectivity index (χ3v) is 4.30. The molecule has 2 rings (SSSR count). The van der Waals surface area contributed by atoms with E-state index in [0.29, 0.717) is 12.1 Å². The van der Waals surface area contributed by atoms with E-state index >= 15 is 0 Å². The van der Waals surface area contributed by atoms with Crippen molar-refractivity contribution in [3.63, 3.8) is 0 Å². The Morgan fingerprint density at radius 1 is 1.44 bits per heavy atom. The van der Waals surface area contributed by atoms with Gasteiger partial charge in [-0.25, -0.2) is 0 Å². The minimum absolute atomic E-state index is 0.459. The second-order valence-corrected chi connectivity index (χ2v) is 5.36. The van der Waals surface area contributed by atoms with Gasteiger partial charge in [-0.3, -0.25) is 4.90 Å². The topological polar surface area (TPSA) is 15.3 Å². The van der Waals surface area contributed by atoms with Crippen molar-refractivity contribution in [3.05, 3.63) is 34.3 Å². The van der Waals surface area contributed by atoms with Gasteiger partial charge < -0.3 is 5.32 Å². The van der Waals surface area contributed by atoms with Gasteiger partial charge in [0.15, 0.2) is 0 Å². The fourth-order valence-corrected chi connectivity index (χ4v) is 2.95. The number of likely N-dealkylation sites (N-methyl/N-ethyl adjacent to an activating group) is 1. The van der Waals surface area contributed by atoms with Gasteiger partial charge in [0.2, 0.25) is 0 Å². The van der Waals surface area contributed by atoms with Crippen molar-refractivity contribution < 1.29 is 0 Å². The predicted octanol–water partition coefficient (Wildman–Crippen LogP) is 2.80. The molecule has 2 atom stereocenters. The summed E-state index contributed by atoms with van der Waals surface area (Å²) in [5.41, 5.74) is 1.37. The summed E-state index contributed by atoms with van der Waals surface area (Å²) in [5, 5.41) is 3.42. The molecule has 1 aromatic rings. The van der Waals surface area contributed by atoms with Crippen LogP contribution in [0.5, 0.6) is 0 Å². The third-order valence-electron chi connectivity index (χ3n) is 3.58. The molecule has 1 fully saturated rings. The Hall–Kier alpha value is -0.380. The first-order chi connectivity index (χ1) is 7.70. The minimum atomic E-state index is 0.459. The molecule has 1 aromatic carbocycles. The first kappa shape index (κ1) is 12.1. The van der Waals surface area contributed by atoms with Crippen molar-refractivity contribution in [2.75, 3.05) is 20.1 Å². The largest absolute Gasteiger partial charge is 0.315 e. The van der Waals surface area contributed by atoms with E-state index in [1.807, 2.05) is 0 Å². The van der Waals surface area contributed by atoms with Gasteiger partial charge in [0.25, 0.3) is 0 Å². The molecular formula is C13H19BrN2. The van der Waals surface area contributed by atoms with Gasteiger partial charge in [0.1, 0.15) is 0 Å². The van der Waals surface area contributed by atoms with E-state index in [2.05, 4.69) is 64.4 Å². The molecule has 1 saturated heterocycles. The van der Waals surface area contributed by atoms with Gasteiger partial charge in [-0.1, -0.05) is 34.1 Å². The molecule has 1 N–H and O–H groups in total. The van der Waals surface area contributed by atoms with Crippen molar-refractivity contribution in [1.29, 1.82) is 0 Å². The maximum atomic E-state index is 3.63. The Balaban J connectivity index is 2.11. The van der Waals surface area contributed by atoms with Gasteiger partial charge in [-0.15, -0.1) is 0 Å². The molecule has 0 aromatic heterocycles. The Morgan fingerprint density at radius 3 is 2.81 bits per heavy atom. The first-order valence-electron chi connectivity index (χ1n) is 5.87. The second kappa shape index (κ2) is 5.30. The van der Waals surface area contributed by atoms with Gasteiger partial charge >= 0.3 is 0 Å². The van der Waals surface area contributed by atoms with Gasteiger partial charge in [-0.05, 0) is 38.6 Å². The van der Waals surface area contributed by atoms with Crippen LogP contribution >= 0.6 is 15.9 Å². The van der Waals surface area contributed by atoms with Crippen LogP contribution in [0.2, 0.25) is 0 Å². The van der Waals surface area contributed by atoms with Crippen LogP contribution < -0.4 is 5.32 Å². The average Bonchev–Trinajstić information content (AvgIpc) is 2.81. The molecule has 0 bridgehead atoms. The molecule has 3 heteroatoms. The van der Waals surface area contributed by atoms with Crippen LogP contribution in [0.1, 0.15) is 24.9 Å². The molecule has 0 saturated carbocycles. The Bertz CT molecular complexity index is 348. The minimum Gasteiger partial charge on any atom is -0.315 e. The number of hydrogen-bond acceptors (Lipinski definition) is 2. The highest BCUT2D eigenvalue weighted by Gasteiger charge is 2.24. The van der Waals surface area contributed by atoms with Crippen molar-refractivity contribution in [3.8, 4) is 0 Å². The normalized spacial score (nSPS) is 22.6. The fraction of sp³-hybridized carbons (Fsp3) is 0.538. The molecule has 1 aliphatic rings. The zero-order chi connectivity index (χ0) is 11.5. The SMILES string of the molecule is CC(c1ccccc1Br)N(C)C1CCNC1. The molecule has 0 aliphatic carbocycles. The molecular weight excluding hydrogens is 264 g/mol. The predicted molar refractivity (Wildman–Crippen MR) is 71.6 cm³/mol. The van der Waals surface area contributed by atoms with Crippen LogP contribution in [0.3, 0.4) is 0 Å². The quantitative estimate of drug-likeness (QED) is 0.917. The maximum absolute atomic E-state index is 3.63. The standard InChI is InChI=1S/C13H19BrN2/c1-10(12-5-3-4-6-13(12)14)16(2)11-7-8-15-9-11/h3-6,10-11,15H,7-9H2,1-2H3. The van der Waals surface area contributed by atoms with Crippen molar-refractivity contribution in [2.45, 2.75) is 25.4 Å². The van der Waals surface area contributed by atoms with Gasteiger partial charge in [0, 0.05) is 23.1 Å². The summed E-state index contributed by atoms with van der Waals surface area (Å²) < 4.78 is 1.21. The van der Waals surface area contributed by atoms with Crippen LogP contribution in [-0.4, -0.2) is 31.1 Å². The molecule has 16 heavy (non-hydrogen) atoms. The van der Waals surface area contributed by atoms with E-state index in [-0.39, 0.29) is 0 Å². The molecule has 0 amide bonds. The Kier molecular flexibility index (Phi) is 4.00. The number of hydrogen-bond donors (Lipinski definition) is 1. The lowest BCUT2D eigenvalue weighted by molar-refractivity contribution is 0.196. The number of nitrogens with zero attached hydrogens (tertiary/aromatic N) is 1. The number of halogens is 1. The summed E-state index contributed by atoms with van der Waals surface area (Å²) in [4.78, 5) is 2.47. The monoisotopic (exact) mass is 282 g/mol. The smallest absolute Gasteiger partial charge is 0.0331 e. The molecule has 2 unspecified atom stereocenters.